The Bertz CT molecular complexity index is 2310. The molecule has 0 saturated heterocycles. The van der Waals surface area contributed by atoms with E-state index in [-0.39, 0.29) is 6.71 Å². The van der Waals surface area contributed by atoms with Crippen LogP contribution in [0.3, 0.4) is 0 Å². The number of nitrogens with zero attached hydrogens (tertiary/aromatic N) is 4. The molecule has 5 heteroatoms. The van der Waals surface area contributed by atoms with Crippen molar-refractivity contribution in [2.75, 3.05) is 9.80 Å². The van der Waals surface area contributed by atoms with Crippen molar-refractivity contribution in [2.45, 2.75) is 20.8 Å². The standard InChI is InChI=1S/C43H33BN4/c1-28-25-29(2)42(30(3)26-28)44-34-11-10-16-41-43(34)48(38-22-19-32(27-35(38)44)37-13-7-9-24-46-37)40-15-5-4-14-39(40)47(41)33-20-17-31(18-21-33)36-12-6-8-23-45-36/h4-27H,1-3H3. The van der Waals surface area contributed by atoms with Gasteiger partial charge in [0.1, 0.15) is 0 Å². The molecular weight excluding hydrogens is 583 g/mol. The van der Waals surface area contributed by atoms with Crippen LogP contribution >= 0.6 is 0 Å². The van der Waals surface area contributed by atoms with Crippen LogP contribution in [-0.4, -0.2) is 16.7 Å². The average Bonchev–Trinajstić information content (AvgIpc) is 3.12. The molecule has 0 amide bonds. The second kappa shape index (κ2) is 11.1. The van der Waals surface area contributed by atoms with Gasteiger partial charge in [-0.05, 0) is 97.9 Å². The van der Waals surface area contributed by atoms with E-state index >= 15 is 0 Å². The molecule has 4 nitrogen and oxygen atoms in total. The lowest BCUT2D eigenvalue weighted by atomic mass is 9.33. The van der Waals surface area contributed by atoms with E-state index in [1.165, 1.54) is 50.1 Å². The summed E-state index contributed by atoms with van der Waals surface area (Å²) in [6.07, 6.45) is 3.72. The molecule has 48 heavy (non-hydrogen) atoms. The van der Waals surface area contributed by atoms with Gasteiger partial charge in [-0.3, -0.25) is 9.97 Å². The highest BCUT2D eigenvalue weighted by atomic mass is 15.3. The zero-order valence-corrected chi connectivity index (χ0v) is 27.2. The Kier molecular flexibility index (Phi) is 6.54. The van der Waals surface area contributed by atoms with Crippen LogP contribution in [0.15, 0.2) is 146 Å². The molecule has 9 rings (SSSR count). The molecule has 2 aromatic heterocycles. The number of aromatic nitrogens is 2. The van der Waals surface area contributed by atoms with E-state index in [1.807, 2.05) is 30.6 Å². The maximum atomic E-state index is 4.73. The zero-order chi connectivity index (χ0) is 32.4. The lowest BCUT2D eigenvalue weighted by molar-refractivity contribution is 1.17. The summed E-state index contributed by atoms with van der Waals surface area (Å²) in [4.78, 5) is 14.2. The van der Waals surface area contributed by atoms with Crippen molar-refractivity contribution < 1.29 is 0 Å². The van der Waals surface area contributed by atoms with Crippen LogP contribution in [0.1, 0.15) is 16.7 Å². The third-order valence-electron chi connectivity index (χ3n) is 9.84. The fourth-order valence-corrected chi connectivity index (χ4v) is 7.95. The molecule has 228 valence electrons. The molecule has 2 aliphatic rings. The van der Waals surface area contributed by atoms with Gasteiger partial charge in [-0.25, -0.2) is 0 Å². The Labute approximate surface area is 282 Å². The van der Waals surface area contributed by atoms with E-state index in [4.69, 9.17) is 4.98 Å². The van der Waals surface area contributed by atoms with Gasteiger partial charge in [0.05, 0.1) is 34.1 Å². The number of fused-ring (bicyclic) bond motifs is 4. The molecule has 0 aliphatic carbocycles. The highest BCUT2D eigenvalue weighted by Crippen LogP contribution is 2.54. The molecule has 2 aliphatic heterocycles. The molecule has 0 bridgehead atoms. The Morgan fingerprint density at radius 3 is 1.75 bits per heavy atom. The highest BCUT2D eigenvalue weighted by Gasteiger charge is 2.42. The predicted octanol–water partition coefficient (Wildman–Crippen LogP) is 8.82. The number of hydrogen-bond donors (Lipinski definition) is 0. The fraction of sp³-hybridized carbons (Fsp3) is 0.0698. The van der Waals surface area contributed by atoms with Crippen LogP contribution in [0.25, 0.3) is 22.5 Å². The normalized spacial score (nSPS) is 12.8. The van der Waals surface area contributed by atoms with Crippen LogP contribution < -0.4 is 26.2 Å². The van der Waals surface area contributed by atoms with Crippen LogP contribution in [0, 0.1) is 20.8 Å². The van der Waals surface area contributed by atoms with E-state index in [2.05, 4.69) is 151 Å². The van der Waals surface area contributed by atoms with Crippen LogP contribution in [-0.2, 0) is 0 Å². The second-order valence-corrected chi connectivity index (χ2v) is 12.9. The van der Waals surface area contributed by atoms with Crippen LogP contribution in [0.5, 0.6) is 0 Å². The summed E-state index contributed by atoms with van der Waals surface area (Å²) in [5, 5.41) is 0. The summed E-state index contributed by atoms with van der Waals surface area (Å²) in [5.74, 6) is 0. The maximum Gasteiger partial charge on any atom is 0.247 e. The minimum Gasteiger partial charge on any atom is -0.307 e. The topological polar surface area (TPSA) is 32.3 Å². The lowest BCUT2D eigenvalue weighted by Gasteiger charge is -2.46. The molecule has 0 fully saturated rings. The summed E-state index contributed by atoms with van der Waals surface area (Å²) >= 11 is 0. The van der Waals surface area contributed by atoms with Gasteiger partial charge in [0.15, 0.2) is 0 Å². The summed E-state index contributed by atoms with van der Waals surface area (Å²) in [6.45, 7) is 6.78. The Hall–Kier alpha value is -5.94. The molecular formula is C43H33BN4. The van der Waals surface area contributed by atoms with E-state index in [1.54, 1.807) is 0 Å². The van der Waals surface area contributed by atoms with Crippen molar-refractivity contribution >= 4 is 57.2 Å². The van der Waals surface area contributed by atoms with Gasteiger partial charge < -0.3 is 9.80 Å². The maximum absolute atomic E-state index is 4.73. The second-order valence-electron chi connectivity index (χ2n) is 12.9. The first-order chi connectivity index (χ1) is 23.6. The smallest absolute Gasteiger partial charge is 0.247 e. The van der Waals surface area contributed by atoms with Crippen LogP contribution in [0.2, 0.25) is 0 Å². The van der Waals surface area contributed by atoms with E-state index in [9.17, 15) is 0 Å². The number of pyridine rings is 2. The van der Waals surface area contributed by atoms with Crippen molar-refractivity contribution in [1.82, 2.24) is 9.97 Å². The largest absolute Gasteiger partial charge is 0.307 e. The first-order valence-electron chi connectivity index (χ1n) is 16.5. The van der Waals surface area contributed by atoms with Crippen molar-refractivity contribution in [3.63, 3.8) is 0 Å². The first-order valence-corrected chi connectivity index (χ1v) is 16.5. The minimum absolute atomic E-state index is 0.0501. The molecule has 0 N–H and O–H groups in total. The Balaban J connectivity index is 1.30. The lowest BCUT2D eigenvalue weighted by Crippen LogP contribution is -2.59. The van der Waals surface area contributed by atoms with Gasteiger partial charge in [-0.1, -0.05) is 94.9 Å². The van der Waals surface area contributed by atoms with E-state index < -0.39 is 0 Å². The molecule has 0 spiro atoms. The number of rotatable bonds is 4. The number of hydrogen-bond acceptors (Lipinski definition) is 4. The molecule has 0 radical (unpaired) electrons. The number of anilines is 6. The minimum atomic E-state index is 0.0501. The third-order valence-corrected chi connectivity index (χ3v) is 9.84. The van der Waals surface area contributed by atoms with Crippen molar-refractivity contribution in [3.05, 3.63) is 163 Å². The number of benzene rings is 5. The van der Waals surface area contributed by atoms with Gasteiger partial charge in [0, 0.05) is 29.3 Å². The molecule has 7 aromatic rings. The van der Waals surface area contributed by atoms with Gasteiger partial charge in [-0.15, -0.1) is 0 Å². The summed E-state index contributed by atoms with van der Waals surface area (Å²) < 4.78 is 0. The Morgan fingerprint density at radius 1 is 0.479 bits per heavy atom. The zero-order valence-electron chi connectivity index (χ0n) is 27.2. The van der Waals surface area contributed by atoms with Crippen molar-refractivity contribution in [2.24, 2.45) is 0 Å². The van der Waals surface area contributed by atoms with E-state index in [0.717, 1.165) is 39.6 Å². The summed E-state index contributed by atoms with van der Waals surface area (Å²) in [6, 6.07) is 48.2. The highest BCUT2D eigenvalue weighted by molar-refractivity contribution is 6.98. The molecule has 4 heterocycles. The SMILES string of the molecule is Cc1cc(C)c(B2c3cc(-c4ccccn4)ccc3N3c4ccccc4N(c4ccc(-c5ccccn5)cc4)c4cccc2c43)c(C)c1. The Morgan fingerprint density at radius 2 is 1.08 bits per heavy atom. The van der Waals surface area contributed by atoms with Gasteiger partial charge in [0.2, 0.25) is 6.71 Å². The fourth-order valence-electron chi connectivity index (χ4n) is 7.95. The quantitative estimate of drug-likeness (QED) is 0.185. The van der Waals surface area contributed by atoms with Gasteiger partial charge >= 0.3 is 0 Å². The molecule has 0 unspecified atom stereocenters. The molecule has 5 aromatic carbocycles. The average molecular weight is 617 g/mol. The molecule has 0 saturated carbocycles. The summed E-state index contributed by atoms with van der Waals surface area (Å²) in [5.41, 5.74) is 19.1. The van der Waals surface area contributed by atoms with Gasteiger partial charge in [0.25, 0.3) is 0 Å². The third kappa shape index (κ3) is 4.39. The van der Waals surface area contributed by atoms with Gasteiger partial charge in [-0.2, -0.15) is 0 Å². The predicted molar refractivity (Wildman–Crippen MR) is 201 cm³/mol. The number of aryl methyl sites for hydroxylation is 3. The monoisotopic (exact) mass is 616 g/mol. The van der Waals surface area contributed by atoms with E-state index in [0.29, 0.717) is 0 Å². The number of para-hydroxylation sites is 3. The van der Waals surface area contributed by atoms with Crippen molar-refractivity contribution in [3.8, 4) is 22.5 Å². The van der Waals surface area contributed by atoms with Crippen molar-refractivity contribution in [1.29, 1.82) is 0 Å². The summed E-state index contributed by atoms with van der Waals surface area (Å²) in [7, 11) is 0. The first kappa shape index (κ1) is 28.3. The molecule has 0 atom stereocenters. The van der Waals surface area contributed by atoms with Crippen LogP contribution in [0.4, 0.5) is 34.1 Å².